The molecule has 1 N–H and O–H groups in total. The van der Waals surface area contributed by atoms with Gasteiger partial charge in [-0.15, -0.1) is 0 Å². The maximum atomic E-state index is 12.1. The minimum atomic E-state index is -0.124. The van der Waals surface area contributed by atoms with Gasteiger partial charge in [-0.2, -0.15) is 0 Å². The quantitative estimate of drug-likeness (QED) is 0.746. The Morgan fingerprint density at radius 3 is 2.67 bits per heavy atom. The Balaban J connectivity index is 1.62. The number of nitrogens with one attached hydrogen (secondary N) is 1. The number of thiazole rings is 1. The maximum absolute atomic E-state index is 12.1. The molecule has 5 nitrogen and oxygen atoms in total. The van der Waals surface area contributed by atoms with Gasteiger partial charge >= 0.3 is 4.87 Å². The molecule has 3 aromatic rings. The highest BCUT2D eigenvalue weighted by molar-refractivity contribution is 7.16. The molecule has 2 aromatic carbocycles. The summed E-state index contributed by atoms with van der Waals surface area (Å²) in [5.41, 5.74) is 1.59. The van der Waals surface area contributed by atoms with Gasteiger partial charge in [0, 0.05) is 18.7 Å². The summed E-state index contributed by atoms with van der Waals surface area (Å²) in [5, 5.41) is 2.83. The number of aryl methyl sites for hydroxylation is 1. The molecule has 0 aliphatic heterocycles. The van der Waals surface area contributed by atoms with Crippen LogP contribution in [0.3, 0.4) is 0 Å². The van der Waals surface area contributed by atoms with E-state index in [9.17, 15) is 9.59 Å². The third kappa shape index (κ3) is 3.65. The Labute approximate surface area is 143 Å². The SMILES string of the molecule is CCOc1ccc(NC(=O)CCn2c(=O)sc3ccccc32)cc1. The molecule has 0 aliphatic rings. The van der Waals surface area contributed by atoms with Gasteiger partial charge in [-0.1, -0.05) is 23.5 Å². The second kappa shape index (κ2) is 7.31. The number of ether oxygens (including phenoxy) is 1. The van der Waals surface area contributed by atoms with E-state index < -0.39 is 0 Å². The molecule has 124 valence electrons. The van der Waals surface area contributed by atoms with Gasteiger partial charge in [0.25, 0.3) is 0 Å². The summed E-state index contributed by atoms with van der Waals surface area (Å²) < 4.78 is 7.96. The van der Waals surface area contributed by atoms with Crippen molar-refractivity contribution in [2.45, 2.75) is 19.9 Å². The van der Waals surface area contributed by atoms with Crippen LogP contribution in [-0.2, 0) is 11.3 Å². The highest BCUT2D eigenvalue weighted by atomic mass is 32.1. The van der Waals surface area contributed by atoms with Crippen LogP contribution in [0.15, 0.2) is 53.3 Å². The van der Waals surface area contributed by atoms with Gasteiger partial charge in [0.15, 0.2) is 0 Å². The molecule has 0 fully saturated rings. The van der Waals surface area contributed by atoms with Crippen molar-refractivity contribution < 1.29 is 9.53 Å². The van der Waals surface area contributed by atoms with Crippen molar-refractivity contribution in [3.05, 3.63) is 58.2 Å². The number of hydrogen-bond acceptors (Lipinski definition) is 4. The standard InChI is InChI=1S/C18H18N2O3S/c1-2-23-14-9-7-13(8-10-14)19-17(21)11-12-20-15-5-3-4-6-16(15)24-18(20)22/h3-10H,2,11-12H2,1H3,(H,19,21). The molecule has 3 rings (SSSR count). The Morgan fingerprint density at radius 2 is 1.92 bits per heavy atom. The van der Waals surface area contributed by atoms with Crippen LogP contribution >= 0.6 is 11.3 Å². The van der Waals surface area contributed by atoms with Crippen molar-refractivity contribution in [3.63, 3.8) is 0 Å². The number of amides is 1. The van der Waals surface area contributed by atoms with Crippen LogP contribution in [0.25, 0.3) is 10.2 Å². The molecule has 1 amide bonds. The predicted molar refractivity (Wildman–Crippen MR) is 96.9 cm³/mol. The molecule has 0 bridgehead atoms. The summed E-state index contributed by atoms with van der Waals surface area (Å²) in [6.07, 6.45) is 0.244. The Hall–Kier alpha value is -2.60. The fourth-order valence-electron chi connectivity index (χ4n) is 2.46. The zero-order valence-corrected chi connectivity index (χ0v) is 14.1. The molecule has 0 unspecified atom stereocenters. The highest BCUT2D eigenvalue weighted by Crippen LogP contribution is 2.18. The number of anilines is 1. The van der Waals surface area contributed by atoms with Gasteiger partial charge in [-0.05, 0) is 43.3 Å². The molecule has 1 aromatic heterocycles. The summed E-state index contributed by atoms with van der Waals surface area (Å²) in [4.78, 5) is 24.1. The van der Waals surface area contributed by atoms with Gasteiger partial charge in [-0.25, -0.2) is 0 Å². The molecule has 0 saturated carbocycles. The van der Waals surface area contributed by atoms with Crippen molar-refractivity contribution in [2.75, 3.05) is 11.9 Å². The lowest BCUT2D eigenvalue weighted by Crippen LogP contribution is -2.19. The van der Waals surface area contributed by atoms with Gasteiger partial charge in [0.2, 0.25) is 5.91 Å². The Bertz CT molecular complexity index is 897. The molecular weight excluding hydrogens is 324 g/mol. The van der Waals surface area contributed by atoms with Gasteiger partial charge in [0.05, 0.1) is 16.8 Å². The third-order valence-electron chi connectivity index (χ3n) is 3.59. The maximum Gasteiger partial charge on any atom is 0.308 e. The second-order valence-electron chi connectivity index (χ2n) is 5.24. The van der Waals surface area contributed by atoms with Crippen LogP contribution in [0.5, 0.6) is 5.75 Å². The number of benzene rings is 2. The number of nitrogens with zero attached hydrogens (tertiary/aromatic N) is 1. The normalized spacial score (nSPS) is 10.7. The number of carbonyl (C=O) groups excluding carboxylic acids is 1. The largest absolute Gasteiger partial charge is 0.494 e. The van der Waals surface area contributed by atoms with Gasteiger partial charge in [0.1, 0.15) is 5.75 Å². The molecule has 0 spiro atoms. The van der Waals surface area contributed by atoms with Crippen LogP contribution in [0.4, 0.5) is 5.69 Å². The van der Waals surface area contributed by atoms with E-state index in [0.717, 1.165) is 16.0 Å². The first-order valence-electron chi connectivity index (χ1n) is 7.78. The second-order valence-corrected chi connectivity index (χ2v) is 6.24. The lowest BCUT2D eigenvalue weighted by Gasteiger charge is -2.08. The molecular formula is C18H18N2O3S. The fourth-order valence-corrected chi connectivity index (χ4v) is 3.38. The molecule has 24 heavy (non-hydrogen) atoms. The number of fused-ring (bicyclic) bond motifs is 1. The van der Waals surface area contributed by atoms with Crippen molar-refractivity contribution >= 4 is 33.1 Å². The summed E-state index contributed by atoms with van der Waals surface area (Å²) in [6, 6.07) is 14.8. The van der Waals surface area contributed by atoms with Crippen molar-refractivity contribution in [1.29, 1.82) is 0 Å². The number of carbonyl (C=O) groups is 1. The zero-order chi connectivity index (χ0) is 16.9. The number of rotatable bonds is 6. The minimum Gasteiger partial charge on any atom is -0.494 e. The molecule has 0 aliphatic carbocycles. The minimum absolute atomic E-state index is 0.0370. The fraction of sp³-hybridized carbons (Fsp3) is 0.222. The smallest absolute Gasteiger partial charge is 0.308 e. The lowest BCUT2D eigenvalue weighted by molar-refractivity contribution is -0.116. The molecule has 0 saturated heterocycles. The van der Waals surface area contributed by atoms with Crippen molar-refractivity contribution in [2.24, 2.45) is 0 Å². The monoisotopic (exact) mass is 342 g/mol. The first-order chi connectivity index (χ1) is 11.7. The highest BCUT2D eigenvalue weighted by Gasteiger charge is 2.09. The molecule has 1 heterocycles. The van der Waals surface area contributed by atoms with Crippen LogP contribution < -0.4 is 14.9 Å². The summed E-state index contributed by atoms with van der Waals surface area (Å²) in [6.45, 7) is 2.90. The number of hydrogen-bond donors (Lipinski definition) is 1. The zero-order valence-electron chi connectivity index (χ0n) is 13.3. The molecule has 0 radical (unpaired) electrons. The van der Waals surface area contributed by atoms with E-state index in [1.807, 2.05) is 43.3 Å². The first-order valence-corrected chi connectivity index (χ1v) is 8.60. The molecule has 0 atom stereocenters. The van der Waals surface area contributed by atoms with E-state index in [2.05, 4.69) is 5.32 Å². The lowest BCUT2D eigenvalue weighted by atomic mass is 10.3. The van der Waals surface area contributed by atoms with E-state index in [0.29, 0.717) is 18.8 Å². The average molecular weight is 342 g/mol. The van der Waals surface area contributed by atoms with E-state index >= 15 is 0 Å². The Morgan fingerprint density at radius 1 is 1.17 bits per heavy atom. The van der Waals surface area contributed by atoms with Crippen LogP contribution in [0, 0.1) is 0 Å². The van der Waals surface area contributed by atoms with Crippen molar-refractivity contribution in [3.8, 4) is 5.75 Å². The van der Waals surface area contributed by atoms with E-state index in [-0.39, 0.29) is 17.2 Å². The topological polar surface area (TPSA) is 60.3 Å². The summed E-state index contributed by atoms with van der Waals surface area (Å²) in [5.74, 6) is 0.646. The first kappa shape index (κ1) is 16.3. The van der Waals surface area contributed by atoms with E-state index in [1.165, 1.54) is 11.3 Å². The predicted octanol–water partition coefficient (Wildman–Crippen LogP) is 3.49. The number of aromatic nitrogens is 1. The average Bonchev–Trinajstić information content (AvgIpc) is 2.90. The summed E-state index contributed by atoms with van der Waals surface area (Å²) >= 11 is 1.20. The van der Waals surface area contributed by atoms with Gasteiger partial charge in [-0.3, -0.25) is 14.2 Å². The van der Waals surface area contributed by atoms with E-state index in [1.54, 1.807) is 16.7 Å². The van der Waals surface area contributed by atoms with Crippen molar-refractivity contribution in [1.82, 2.24) is 4.57 Å². The molecule has 6 heteroatoms. The third-order valence-corrected chi connectivity index (χ3v) is 4.55. The van der Waals surface area contributed by atoms with Crippen LogP contribution in [-0.4, -0.2) is 17.1 Å². The summed E-state index contributed by atoms with van der Waals surface area (Å²) in [7, 11) is 0. The number of para-hydroxylation sites is 1. The van der Waals surface area contributed by atoms with E-state index in [4.69, 9.17) is 4.74 Å². The van der Waals surface area contributed by atoms with Gasteiger partial charge < -0.3 is 10.1 Å². The van der Waals surface area contributed by atoms with Crippen LogP contribution in [0.2, 0.25) is 0 Å². The Kier molecular flexibility index (Phi) is 4.96. The van der Waals surface area contributed by atoms with Crippen LogP contribution in [0.1, 0.15) is 13.3 Å².